The van der Waals surface area contributed by atoms with Gasteiger partial charge in [0, 0.05) is 36.7 Å². The van der Waals surface area contributed by atoms with Crippen LogP contribution in [0.4, 0.5) is 5.69 Å². The standard InChI is InChI=1S/C16H16N4O3/c1-20-9-8-17-14(20)13(21)10-2-4-11(5-3-10)18-15(22)16(23)19-12-6-7-12/h2-5,8-9,12H,6-7H2,1H3,(H,18,22)(H,19,23). The van der Waals surface area contributed by atoms with Crippen LogP contribution in [0.25, 0.3) is 0 Å². The largest absolute Gasteiger partial charge is 0.345 e. The van der Waals surface area contributed by atoms with Crippen LogP contribution >= 0.6 is 0 Å². The fraction of sp³-hybridized carbons (Fsp3) is 0.250. The van der Waals surface area contributed by atoms with E-state index in [-0.39, 0.29) is 11.8 Å². The zero-order valence-electron chi connectivity index (χ0n) is 12.6. The number of carbonyl (C=O) groups excluding carboxylic acids is 3. The highest BCUT2D eigenvalue weighted by Crippen LogP contribution is 2.18. The lowest BCUT2D eigenvalue weighted by molar-refractivity contribution is -0.136. The number of amides is 2. The molecule has 0 unspecified atom stereocenters. The third kappa shape index (κ3) is 3.45. The summed E-state index contributed by atoms with van der Waals surface area (Å²) in [6.45, 7) is 0. The first-order valence-corrected chi connectivity index (χ1v) is 7.28. The van der Waals surface area contributed by atoms with E-state index in [4.69, 9.17) is 0 Å². The van der Waals surface area contributed by atoms with E-state index in [0.29, 0.717) is 17.1 Å². The number of carbonyl (C=O) groups is 3. The van der Waals surface area contributed by atoms with Crippen molar-refractivity contribution in [3.63, 3.8) is 0 Å². The Morgan fingerprint density at radius 2 is 1.83 bits per heavy atom. The number of imidazole rings is 1. The molecule has 0 atom stereocenters. The molecule has 1 aliphatic rings. The monoisotopic (exact) mass is 312 g/mol. The van der Waals surface area contributed by atoms with Gasteiger partial charge >= 0.3 is 11.8 Å². The molecule has 7 nitrogen and oxygen atoms in total. The van der Waals surface area contributed by atoms with Crippen molar-refractivity contribution >= 4 is 23.3 Å². The molecule has 0 bridgehead atoms. The Hall–Kier alpha value is -2.96. The molecule has 1 aliphatic carbocycles. The molecule has 0 aliphatic heterocycles. The van der Waals surface area contributed by atoms with Crippen molar-refractivity contribution < 1.29 is 14.4 Å². The average Bonchev–Trinajstić information content (AvgIpc) is 3.25. The molecular weight excluding hydrogens is 296 g/mol. The van der Waals surface area contributed by atoms with Gasteiger partial charge in [-0.1, -0.05) is 0 Å². The van der Waals surface area contributed by atoms with Crippen molar-refractivity contribution in [2.24, 2.45) is 7.05 Å². The Morgan fingerprint density at radius 1 is 1.13 bits per heavy atom. The van der Waals surface area contributed by atoms with E-state index in [0.717, 1.165) is 12.8 Å². The Morgan fingerprint density at radius 3 is 2.39 bits per heavy atom. The van der Waals surface area contributed by atoms with Crippen molar-refractivity contribution in [3.05, 3.63) is 48.0 Å². The molecule has 2 aromatic rings. The molecular formula is C16H16N4O3. The molecule has 23 heavy (non-hydrogen) atoms. The molecule has 7 heteroatoms. The van der Waals surface area contributed by atoms with Crippen LogP contribution in [0.5, 0.6) is 0 Å². The second-order valence-corrected chi connectivity index (χ2v) is 5.47. The number of aromatic nitrogens is 2. The van der Waals surface area contributed by atoms with E-state index in [1.54, 1.807) is 48.3 Å². The summed E-state index contributed by atoms with van der Waals surface area (Å²) in [4.78, 5) is 39.6. The number of nitrogens with one attached hydrogen (secondary N) is 2. The van der Waals surface area contributed by atoms with Gasteiger partial charge in [-0.25, -0.2) is 4.98 Å². The topological polar surface area (TPSA) is 93.1 Å². The molecule has 0 saturated heterocycles. The number of nitrogens with zero attached hydrogens (tertiary/aromatic N) is 2. The van der Waals surface area contributed by atoms with Gasteiger partial charge in [0.05, 0.1) is 0 Å². The second kappa shape index (κ2) is 6.04. The maximum absolute atomic E-state index is 12.3. The minimum absolute atomic E-state index is 0.131. The Balaban J connectivity index is 1.65. The summed E-state index contributed by atoms with van der Waals surface area (Å²) in [6, 6.07) is 6.47. The van der Waals surface area contributed by atoms with E-state index in [9.17, 15) is 14.4 Å². The van der Waals surface area contributed by atoms with Crippen LogP contribution in [0.1, 0.15) is 29.0 Å². The first-order chi connectivity index (χ1) is 11.0. The van der Waals surface area contributed by atoms with Crippen molar-refractivity contribution in [1.82, 2.24) is 14.9 Å². The molecule has 0 spiro atoms. The Bertz CT molecular complexity index is 760. The highest BCUT2D eigenvalue weighted by molar-refractivity contribution is 6.39. The number of rotatable bonds is 4. The normalized spacial score (nSPS) is 13.4. The Labute approximate surface area is 132 Å². The van der Waals surface area contributed by atoms with Gasteiger partial charge in [-0.3, -0.25) is 14.4 Å². The molecule has 2 amide bonds. The number of hydrogen-bond acceptors (Lipinski definition) is 4. The molecule has 1 fully saturated rings. The van der Waals surface area contributed by atoms with Crippen molar-refractivity contribution in [2.75, 3.05) is 5.32 Å². The second-order valence-electron chi connectivity index (χ2n) is 5.47. The van der Waals surface area contributed by atoms with Crippen molar-refractivity contribution in [3.8, 4) is 0 Å². The van der Waals surface area contributed by atoms with Crippen LogP contribution in [0.2, 0.25) is 0 Å². The zero-order chi connectivity index (χ0) is 16.4. The zero-order valence-corrected chi connectivity index (χ0v) is 12.6. The molecule has 118 valence electrons. The molecule has 2 N–H and O–H groups in total. The fourth-order valence-electron chi connectivity index (χ4n) is 2.08. The maximum Gasteiger partial charge on any atom is 0.313 e. The molecule has 0 radical (unpaired) electrons. The maximum atomic E-state index is 12.3. The summed E-state index contributed by atoms with van der Waals surface area (Å²) in [5.74, 6) is -1.21. The number of anilines is 1. The lowest BCUT2D eigenvalue weighted by atomic mass is 10.1. The molecule has 1 aromatic heterocycles. The Kier molecular flexibility index (Phi) is 3.92. The highest BCUT2D eigenvalue weighted by atomic mass is 16.2. The van der Waals surface area contributed by atoms with Gasteiger partial charge in [-0.2, -0.15) is 0 Å². The van der Waals surface area contributed by atoms with E-state index in [1.807, 2.05) is 0 Å². The minimum atomic E-state index is -0.708. The van der Waals surface area contributed by atoms with Crippen molar-refractivity contribution in [1.29, 1.82) is 0 Å². The third-order valence-electron chi connectivity index (χ3n) is 3.55. The number of hydrogen-bond donors (Lipinski definition) is 2. The summed E-state index contributed by atoms with van der Waals surface area (Å²) in [5.41, 5.74) is 0.914. The van der Waals surface area contributed by atoms with Gasteiger partial charge in [0.2, 0.25) is 5.78 Å². The van der Waals surface area contributed by atoms with Gasteiger partial charge in [-0.15, -0.1) is 0 Å². The molecule has 1 heterocycles. The lowest BCUT2D eigenvalue weighted by Crippen LogP contribution is -2.36. The smallest absolute Gasteiger partial charge is 0.313 e. The van der Waals surface area contributed by atoms with Gasteiger partial charge in [0.25, 0.3) is 0 Å². The number of ketones is 1. The summed E-state index contributed by atoms with van der Waals surface area (Å²) in [7, 11) is 1.74. The van der Waals surface area contributed by atoms with E-state index in [1.165, 1.54) is 0 Å². The average molecular weight is 312 g/mol. The molecule has 1 aromatic carbocycles. The van der Waals surface area contributed by atoms with Gasteiger partial charge in [0.1, 0.15) is 0 Å². The minimum Gasteiger partial charge on any atom is -0.345 e. The SMILES string of the molecule is Cn1ccnc1C(=O)c1ccc(NC(=O)C(=O)NC2CC2)cc1. The summed E-state index contributed by atoms with van der Waals surface area (Å²) >= 11 is 0. The quantitative estimate of drug-likeness (QED) is 0.647. The van der Waals surface area contributed by atoms with E-state index < -0.39 is 11.8 Å². The first-order valence-electron chi connectivity index (χ1n) is 7.28. The predicted molar refractivity (Wildman–Crippen MR) is 82.9 cm³/mol. The van der Waals surface area contributed by atoms with Crippen LogP contribution in [-0.2, 0) is 16.6 Å². The van der Waals surface area contributed by atoms with Gasteiger partial charge in [0.15, 0.2) is 5.82 Å². The van der Waals surface area contributed by atoms with E-state index >= 15 is 0 Å². The number of aryl methyl sites for hydroxylation is 1. The highest BCUT2D eigenvalue weighted by Gasteiger charge is 2.26. The molecule has 3 rings (SSSR count). The summed E-state index contributed by atoms with van der Waals surface area (Å²) < 4.78 is 1.64. The third-order valence-corrected chi connectivity index (χ3v) is 3.55. The summed E-state index contributed by atoms with van der Waals surface area (Å²) in [5, 5.41) is 5.12. The van der Waals surface area contributed by atoms with Crippen molar-refractivity contribution in [2.45, 2.75) is 18.9 Å². The van der Waals surface area contributed by atoms with Crippen LogP contribution in [-0.4, -0.2) is 33.2 Å². The molecule has 1 saturated carbocycles. The van der Waals surface area contributed by atoms with Crippen LogP contribution in [0, 0.1) is 0 Å². The lowest BCUT2D eigenvalue weighted by Gasteiger charge is -2.06. The number of benzene rings is 1. The van der Waals surface area contributed by atoms with Crippen LogP contribution < -0.4 is 10.6 Å². The fourth-order valence-corrected chi connectivity index (χ4v) is 2.08. The van der Waals surface area contributed by atoms with Crippen LogP contribution in [0.3, 0.4) is 0 Å². The van der Waals surface area contributed by atoms with Gasteiger partial charge < -0.3 is 15.2 Å². The van der Waals surface area contributed by atoms with E-state index in [2.05, 4.69) is 15.6 Å². The first kappa shape index (κ1) is 15.0. The predicted octanol–water partition coefficient (Wildman–Crippen LogP) is 0.868. The van der Waals surface area contributed by atoms with Crippen LogP contribution in [0.15, 0.2) is 36.7 Å². The summed E-state index contributed by atoms with van der Waals surface area (Å²) in [6.07, 6.45) is 5.09. The van der Waals surface area contributed by atoms with Gasteiger partial charge in [-0.05, 0) is 37.1 Å².